The molecule has 21 heavy (non-hydrogen) atoms. The van der Waals surface area contributed by atoms with E-state index in [1.807, 2.05) is 0 Å². The summed E-state index contributed by atoms with van der Waals surface area (Å²) in [5.74, 6) is 0.798. The van der Waals surface area contributed by atoms with Crippen molar-refractivity contribution >= 4 is 5.91 Å². The Hall–Kier alpha value is -0.610. The molecule has 0 radical (unpaired) electrons. The number of hydrogen-bond acceptors (Lipinski definition) is 3. The summed E-state index contributed by atoms with van der Waals surface area (Å²) in [5, 5.41) is 16.1. The van der Waals surface area contributed by atoms with Gasteiger partial charge in [-0.2, -0.15) is 0 Å². The van der Waals surface area contributed by atoms with Crippen molar-refractivity contribution in [3.8, 4) is 0 Å². The molecule has 120 valence electrons. The largest absolute Gasteiger partial charge is 0.396 e. The van der Waals surface area contributed by atoms with Gasteiger partial charge >= 0.3 is 0 Å². The first-order valence-electron chi connectivity index (χ1n) is 8.83. The van der Waals surface area contributed by atoms with E-state index >= 15 is 0 Å². The SMILES string of the molecule is O=C(CC1CC2CCC(C1)N2)NCC1(CCO)CCCC1. The second kappa shape index (κ2) is 6.66. The van der Waals surface area contributed by atoms with E-state index in [1.165, 1.54) is 38.5 Å². The van der Waals surface area contributed by atoms with Gasteiger partial charge in [0.05, 0.1) is 0 Å². The Kier molecular flexibility index (Phi) is 4.85. The lowest BCUT2D eigenvalue weighted by molar-refractivity contribution is -0.122. The van der Waals surface area contributed by atoms with Crippen LogP contribution in [0.1, 0.15) is 64.2 Å². The molecule has 0 aromatic carbocycles. The normalized spacial score (nSPS) is 34.0. The van der Waals surface area contributed by atoms with Crippen LogP contribution in [0.25, 0.3) is 0 Å². The van der Waals surface area contributed by atoms with E-state index < -0.39 is 0 Å². The molecule has 0 spiro atoms. The number of carbonyl (C=O) groups is 1. The van der Waals surface area contributed by atoms with Crippen molar-refractivity contribution in [3.05, 3.63) is 0 Å². The van der Waals surface area contributed by atoms with Gasteiger partial charge in [0.15, 0.2) is 0 Å². The molecule has 3 rings (SSSR count). The lowest BCUT2D eigenvalue weighted by Crippen LogP contribution is -2.41. The van der Waals surface area contributed by atoms with E-state index in [9.17, 15) is 9.90 Å². The summed E-state index contributed by atoms with van der Waals surface area (Å²) in [5.41, 5.74) is 0.178. The molecule has 1 amide bonds. The number of fused-ring (bicyclic) bond motifs is 2. The van der Waals surface area contributed by atoms with E-state index in [2.05, 4.69) is 10.6 Å². The fourth-order valence-corrected chi connectivity index (χ4v) is 4.84. The molecule has 3 N–H and O–H groups in total. The van der Waals surface area contributed by atoms with Crippen LogP contribution >= 0.6 is 0 Å². The first-order valence-corrected chi connectivity index (χ1v) is 8.83. The van der Waals surface area contributed by atoms with Gasteiger partial charge in [0.1, 0.15) is 0 Å². The van der Waals surface area contributed by atoms with Gasteiger partial charge in [0.25, 0.3) is 0 Å². The highest BCUT2D eigenvalue weighted by atomic mass is 16.3. The fraction of sp³-hybridized carbons (Fsp3) is 0.941. The third-order valence-electron chi connectivity index (χ3n) is 6.01. The van der Waals surface area contributed by atoms with Crippen LogP contribution in [0.5, 0.6) is 0 Å². The van der Waals surface area contributed by atoms with Crippen LogP contribution in [0.2, 0.25) is 0 Å². The molecule has 2 heterocycles. The predicted molar refractivity (Wildman–Crippen MR) is 82.9 cm³/mol. The quantitative estimate of drug-likeness (QED) is 0.702. The third kappa shape index (κ3) is 3.78. The molecule has 0 aromatic heterocycles. The van der Waals surface area contributed by atoms with Gasteiger partial charge in [-0.1, -0.05) is 12.8 Å². The maximum atomic E-state index is 12.3. The van der Waals surface area contributed by atoms with Crippen molar-refractivity contribution in [2.24, 2.45) is 11.3 Å². The molecule has 1 aliphatic carbocycles. The van der Waals surface area contributed by atoms with E-state index in [4.69, 9.17) is 0 Å². The molecular weight excluding hydrogens is 264 g/mol. The minimum absolute atomic E-state index is 0.178. The van der Waals surface area contributed by atoms with Gasteiger partial charge in [0, 0.05) is 31.7 Å². The maximum Gasteiger partial charge on any atom is 0.220 e. The number of carbonyl (C=O) groups excluding carboxylic acids is 1. The molecule has 0 aromatic rings. The number of piperidine rings is 1. The standard InChI is InChI=1S/C17H30N2O2/c20-8-7-17(5-1-2-6-17)12-18-16(21)11-13-9-14-3-4-15(10-13)19-14/h13-15,19-20H,1-12H2,(H,18,21). The Morgan fingerprint density at radius 1 is 1.19 bits per heavy atom. The molecule has 2 aliphatic heterocycles. The Morgan fingerprint density at radius 3 is 2.48 bits per heavy atom. The summed E-state index contributed by atoms with van der Waals surface area (Å²) >= 11 is 0. The van der Waals surface area contributed by atoms with Gasteiger partial charge < -0.3 is 15.7 Å². The Balaban J connectivity index is 1.43. The zero-order valence-electron chi connectivity index (χ0n) is 13.1. The summed E-state index contributed by atoms with van der Waals surface area (Å²) in [7, 11) is 0. The smallest absolute Gasteiger partial charge is 0.220 e. The first kappa shape index (κ1) is 15.3. The summed E-state index contributed by atoms with van der Waals surface area (Å²) in [4.78, 5) is 12.3. The second-order valence-electron chi connectivity index (χ2n) is 7.64. The molecule has 4 nitrogen and oxygen atoms in total. The summed E-state index contributed by atoms with van der Waals surface area (Å²) in [6.45, 7) is 1.01. The highest BCUT2D eigenvalue weighted by Crippen LogP contribution is 2.40. The van der Waals surface area contributed by atoms with Gasteiger partial charge in [-0.25, -0.2) is 0 Å². The van der Waals surface area contributed by atoms with E-state index in [0.29, 0.717) is 24.4 Å². The average Bonchev–Trinajstić information content (AvgIpc) is 3.05. The van der Waals surface area contributed by atoms with Crippen molar-refractivity contribution in [2.75, 3.05) is 13.2 Å². The zero-order chi connectivity index (χ0) is 14.7. The molecule has 2 bridgehead atoms. The zero-order valence-corrected chi connectivity index (χ0v) is 13.1. The molecule has 2 saturated heterocycles. The second-order valence-corrected chi connectivity index (χ2v) is 7.64. The van der Waals surface area contributed by atoms with Crippen molar-refractivity contribution in [3.63, 3.8) is 0 Å². The number of aliphatic hydroxyl groups is 1. The summed E-state index contributed by atoms with van der Waals surface area (Å²) in [6.07, 6.45) is 11.3. The van der Waals surface area contributed by atoms with Crippen LogP contribution in [-0.2, 0) is 4.79 Å². The van der Waals surface area contributed by atoms with Gasteiger partial charge in [-0.05, 0) is 56.3 Å². The van der Waals surface area contributed by atoms with Crippen LogP contribution in [0.3, 0.4) is 0 Å². The Morgan fingerprint density at radius 2 is 1.86 bits per heavy atom. The maximum absolute atomic E-state index is 12.3. The van der Waals surface area contributed by atoms with Gasteiger partial charge in [-0.15, -0.1) is 0 Å². The summed E-state index contributed by atoms with van der Waals surface area (Å²) in [6, 6.07) is 1.33. The van der Waals surface area contributed by atoms with E-state index in [0.717, 1.165) is 25.8 Å². The molecule has 2 unspecified atom stereocenters. The van der Waals surface area contributed by atoms with Crippen molar-refractivity contribution < 1.29 is 9.90 Å². The molecule has 4 heteroatoms. The highest BCUT2D eigenvalue weighted by Gasteiger charge is 2.36. The van der Waals surface area contributed by atoms with E-state index in [-0.39, 0.29) is 17.9 Å². The number of amides is 1. The van der Waals surface area contributed by atoms with Crippen LogP contribution in [0.15, 0.2) is 0 Å². The van der Waals surface area contributed by atoms with E-state index in [1.54, 1.807) is 0 Å². The van der Waals surface area contributed by atoms with Crippen molar-refractivity contribution in [2.45, 2.75) is 76.3 Å². The fourth-order valence-electron chi connectivity index (χ4n) is 4.84. The lowest BCUT2D eigenvalue weighted by Gasteiger charge is -2.31. The van der Waals surface area contributed by atoms with Crippen LogP contribution < -0.4 is 10.6 Å². The topological polar surface area (TPSA) is 61.4 Å². The number of nitrogens with one attached hydrogen (secondary N) is 2. The highest BCUT2D eigenvalue weighted by molar-refractivity contribution is 5.76. The lowest BCUT2D eigenvalue weighted by atomic mass is 9.82. The molecule has 3 aliphatic rings. The Labute approximate surface area is 128 Å². The molecule has 1 saturated carbocycles. The third-order valence-corrected chi connectivity index (χ3v) is 6.01. The van der Waals surface area contributed by atoms with Crippen molar-refractivity contribution in [1.82, 2.24) is 10.6 Å². The minimum Gasteiger partial charge on any atom is -0.396 e. The van der Waals surface area contributed by atoms with Gasteiger partial charge in [0.2, 0.25) is 5.91 Å². The Bertz CT molecular complexity index is 354. The van der Waals surface area contributed by atoms with Crippen LogP contribution in [0.4, 0.5) is 0 Å². The molecular formula is C17H30N2O2. The predicted octanol–water partition coefficient (Wildman–Crippen LogP) is 1.97. The minimum atomic E-state index is 0.178. The first-order chi connectivity index (χ1) is 10.2. The summed E-state index contributed by atoms with van der Waals surface area (Å²) < 4.78 is 0. The average molecular weight is 294 g/mol. The number of hydrogen-bond donors (Lipinski definition) is 3. The van der Waals surface area contributed by atoms with Crippen LogP contribution in [0, 0.1) is 11.3 Å². The molecule has 2 atom stereocenters. The van der Waals surface area contributed by atoms with Crippen LogP contribution in [-0.4, -0.2) is 36.2 Å². The van der Waals surface area contributed by atoms with Gasteiger partial charge in [-0.3, -0.25) is 4.79 Å². The number of aliphatic hydroxyl groups excluding tert-OH is 1. The number of rotatable bonds is 6. The van der Waals surface area contributed by atoms with Crippen molar-refractivity contribution in [1.29, 1.82) is 0 Å². The molecule has 3 fully saturated rings. The monoisotopic (exact) mass is 294 g/mol.